The largest absolute Gasteiger partial charge is 0.0558 e. The zero-order chi connectivity index (χ0) is 10.5. The normalized spacial score (nSPS) is 22.3. The first-order valence-corrected chi connectivity index (χ1v) is 6.32. The molecule has 0 atom stereocenters. The Bertz CT molecular complexity index is 399. The standard InChI is InChI=1S/C15H20/c1-15(2)8-4-7-13-9-11-5-3-6-12(11)10-14(13)15/h9-10H,3-8H2,1-2H3. The van der Waals surface area contributed by atoms with Crippen molar-refractivity contribution in [3.63, 3.8) is 0 Å². The number of aryl methyl sites for hydroxylation is 3. The SMILES string of the molecule is CC1(C)CCCc2cc3c(cc21)CCC3. The average molecular weight is 200 g/mol. The lowest BCUT2D eigenvalue weighted by Gasteiger charge is -2.33. The van der Waals surface area contributed by atoms with Gasteiger partial charge in [0.05, 0.1) is 0 Å². The molecule has 2 aliphatic rings. The molecule has 0 unspecified atom stereocenters. The number of hydrogen-bond acceptors (Lipinski definition) is 0. The topological polar surface area (TPSA) is 0 Å². The lowest BCUT2D eigenvalue weighted by atomic mass is 9.72. The van der Waals surface area contributed by atoms with Crippen molar-refractivity contribution in [2.75, 3.05) is 0 Å². The summed E-state index contributed by atoms with van der Waals surface area (Å²) in [5, 5.41) is 0. The lowest BCUT2D eigenvalue weighted by molar-refractivity contribution is 0.431. The van der Waals surface area contributed by atoms with Gasteiger partial charge < -0.3 is 0 Å². The van der Waals surface area contributed by atoms with Crippen LogP contribution < -0.4 is 0 Å². The Balaban J connectivity index is 2.16. The summed E-state index contributed by atoms with van der Waals surface area (Å²) in [5.74, 6) is 0. The second-order valence-corrected chi connectivity index (χ2v) is 5.87. The molecule has 15 heavy (non-hydrogen) atoms. The maximum Gasteiger partial charge on any atom is -0.0101 e. The molecule has 2 aliphatic carbocycles. The van der Waals surface area contributed by atoms with Crippen molar-refractivity contribution in [3.8, 4) is 0 Å². The Morgan fingerprint density at radius 1 is 0.867 bits per heavy atom. The summed E-state index contributed by atoms with van der Waals surface area (Å²) >= 11 is 0. The highest BCUT2D eigenvalue weighted by Gasteiger charge is 2.28. The molecule has 1 aromatic carbocycles. The van der Waals surface area contributed by atoms with Gasteiger partial charge in [0.15, 0.2) is 0 Å². The summed E-state index contributed by atoms with van der Waals surface area (Å²) in [4.78, 5) is 0. The van der Waals surface area contributed by atoms with Crippen LogP contribution in [-0.4, -0.2) is 0 Å². The van der Waals surface area contributed by atoms with E-state index in [4.69, 9.17) is 0 Å². The molecule has 80 valence electrons. The molecule has 0 heteroatoms. The van der Waals surface area contributed by atoms with Gasteiger partial charge in [0, 0.05) is 0 Å². The first-order valence-electron chi connectivity index (χ1n) is 6.32. The first-order chi connectivity index (χ1) is 7.17. The van der Waals surface area contributed by atoms with E-state index in [1.54, 1.807) is 22.3 Å². The van der Waals surface area contributed by atoms with Crippen molar-refractivity contribution >= 4 is 0 Å². The van der Waals surface area contributed by atoms with Gasteiger partial charge in [0.2, 0.25) is 0 Å². The van der Waals surface area contributed by atoms with Gasteiger partial charge in [-0.1, -0.05) is 26.0 Å². The van der Waals surface area contributed by atoms with Crippen LogP contribution in [0, 0.1) is 0 Å². The van der Waals surface area contributed by atoms with E-state index in [1.807, 2.05) is 0 Å². The van der Waals surface area contributed by atoms with Crippen molar-refractivity contribution in [2.24, 2.45) is 0 Å². The minimum atomic E-state index is 0.422. The smallest absolute Gasteiger partial charge is 0.0101 e. The van der Waals surface area contributed by atoms with Crippen LogP contribution in [0.2, 0.25) is 0 Å². The van der Waals surface area contributed by atoms with Crippen LogP contribution in [0.4, 0.5) is 0 Å². The van der Waals surface area contributed by atoms with Gasteiger partial charge >= 0.3 is 0 Å². The van der Waals surface area contributed by atoms with Gasteiger partial charge in [-0.2, -0.15) is 0 Å². The van der Waals surface area contributed by atoms with E-state index in [9.17, 15) is 0 Å². The van der Waals surface area contributed by atoms with Crippen LogP contribution >= 0.6 is 0 Å². The van der Waals surface area contributed by atoms with Gasteiger partial charge in [0.25, 0.3) is 0 Å². The molecule has 0 aliphatic heterocycles. The van der Waals surface area contributed by atoms with Gasteiger partial charge in [-0.3, -0.25) is 0 Å². The molecule has 0 N–H and O–H groups in total. The van der Waals surface area contributed by atoms with E-state index < -0.39 is 0 Å². The molecular formula is C15H20. The fourth-order valence-electron chi connectivity index (χ4n) is 3.37. The molecule has 1 aromatic rings. The summed E-state index contributed by atoms with van der Waals surface area (Å²) in [6.45, 7) is 4.82. The third-order valence-corrected chi connectivity index (χ3v) is 4.29. The molecule has 0 radical (unpaired) electrons. The van der Waals surface area contributed by atoms with Crippen molar-refractivity contribution in [3.05, 3.63) is 34.4 Å². The summed E-state index contributed by atoms with van der Waals surface area (Å²) < 4.78 is 0. The Kier molecular flexibility index (Phi) is 1.95. The summed E-state index contributed by atoms with van der Waals surface area (Å²) in [6, 6.07) is 5.04. The monoisotopic (exact) mass is 200 g/mol. The highest BCUT2D eigenvalue weighted by atomic mass is 14.3. The van der Waals surface area contributed by atoms with Crippen molar-refractivity contribution < 1.29 is 0 Å². The van der Waals surface area contributed by atoms with Gasteiger partial charge in [-0.15, -0.1) is 0 Å². The first kappa shape index (κ1) is 9.45. The summed E-state index contributed by atoms with van der Waals surface area (Å²) in [6.07, 6.45) is 8.06. The predicted molar refractivity (Wildman–Crippen MR) is 64.4 cm³/mol. The van der Waals surface area contributed by atoms with Crippen molar-refractivity contribution in [2.45, 2.75) is 57.8 Å². The third-order valence-electron chi connectivity index (χ3n) is 4.29. The fourth-order valence-corrected chi connectivity index (χ4v) is 3.37. The molecule has 0 nitrogen and oxygen atoms in total. The zero-order valence-electron chi connectivity index (χ0n) is 9.90. The molecule has 0 saturated carbocycles. The van der Waals surface area contributed by atoms with Crippen molar-refractivity contribution in [1.82, 2.24) is 0 Å². The Hall–Kier alpha value is -0.780. The molecular weight excluding hydrogens is 180 g/mol. The van der Waals surface area contributed by atoms with E-state index in [0.29, 0.717) is 5.41 Å². The van der Waals surface area contributed by atoms with E-state index in [1.165, 1.54) is 38.5 Å². The minimum Gasteiger partial charge on any atom is -0.0558 e. The average Bonchev–Trinajstić information content (AvgIpc) is 2.62. The van der Waals surface area contributed by atoms with Crippen LogP contribution in [0.1, 0.15) is 55.4 Å². The van der Waals surface area contributed by atoms with Crippen LogP contribution in [0.25, 0.3) is 0 Å². The van der Waals surface area contributed by atoms with Crippen molar-refractivity contribution in [1.29, 1.82) is 0 Å². The number of fused-ring (bicyclic) bond motifs is 2. The zero-order valence-corrected chi connectivity index (χ0v) is 9.90. The van der Waals surface area contributed by atoms with E-state index >= 15 is 0 Å². The lowest BCUT2D eigenvalue weighted by Crippen LogP contribution is -2.24. The van der Waals surface area contributed by atoms with Gasteiger partial charge in [0.1, 0.15) is 0 Å². The minimum absolute atomic E-state index is 0.422. The molecule has 0 saturated heterocycles. The molecule has 0 amide bonds. The van der Waals surface area contributed by atoms with Gasteiger partial charge in [-0.25, -0.2) is 0 Å². The Morgan fingerprint density at radius 3 is 2.33 bits per heavy atom. The van der Waals surface area contributed by atoms with E-state index in [2.05, 4.69) is 26.0 Å². The quantitative estimate of drug-likeness (QED) is 0.597. The third kappa shape index (κ3) is 1.42. The summed E-state index contributed by atoms with van der Waals surface area (Å²) in [5.41, 5.74) is 7.00. The van der Waals surface area contributed by atoms with Crippen LogP contribution in [0.15, 0.2) is 12.1 Å². The highest BCUT2D eigenvalue weighted by Crippen LogP contribution is 2.39. The number of hydrogen-bond donors (Lipinski definition) is 0. The fraction of sp³-hybridized carbons (Fsp3) is 0.600. The molecule has 0 aromatic heterocycles. The summed E-state index contributed by atoms with van der Waals surface area (Å²) in [7, 11) is 0. The predicted octanol–water partition coefficient (Wildman–Crippen LogP) is 3.79. The van der Waals surface area contributed by atoms with E-state index in [0.717, 1.165) is 0 Å². The Labute approximate surface area is 92.7 Å². The van der Waals surface area contributed by atoms with Crippen LogP contribution in [0.5, 0.6) is 0 Å². The second-order valence-electron chi connectivity index (χ2n) is 5.87. The van der Waals surface area contributed by atoms with Crippen LogP contribution in [0.3, 0.4) is 0 Å². The molecule has 0 bridgehead atoms. The molecule has 3 rings (SSSR count). The second kappa shape index (κ2) is 3.10. The maximum atomic E-state index is 2.52. The van der Waals surface area contributed by atoms with Gasteiger partial charge in [-0.05, 0) is 66.2 Å². The molecule has 0 heterocycles. The maximum absolute atomic E-state index is 2.52. The molecule has 0 spiro atoms. The molecule has 0 fully saturated rings. The Morgan fingerprint density at radius 2 is 1.53 bits per heavy atom. The number of benzene rings is 1. The highest BCUT2D eigenvalue weighted by molar-refractivity contribution is 5.45. The van der Waals surface area contributed by atoms with Crippen LogP contribution in [-0.2, 0) is 24.7 Å². The number of rotatable bonds is 0. The van der Waals surface area contributed by atoms with E-state index in [-0.39, 0.29) is 0 Å².